The summed E-state index contributed by atoms with van der Waals surface area (Å²) in [5, 5.41) is 0. The Balaban J connectivity index is 4.28. The summed E-state index contributed by atoms with van der Waals surface area (Å²) < 4.78 is 40.5. The molecule has 0 rings (SSSR count). The molecule has 0 aromatic heterocycles. The summed E-state index contributed by atoms with van der Waals surface area (Å²) in [6.45, 7) is 12.8. The summed E-state index contributed by atoms with van der Waals surface area (Å²) in [6, 6.07) is 0. The summed E-state index contributed by atoms with van der Waals surface area (Å²) in [5.41, 5.74) is 2.02. The summed E-state index contributed by atoms with van der Waals surface area (Å²) in [4.78, 5) is 34.5. The van der Waals surface area contributed by atoms with Crippen LogP contribution in [0.4, 0.5) is 4.79 Å². The number of hydrogen-bond acceptors (Lipinski definition) is 10. The summed E-state index contributed by atoms with van der Waals surface area (Å²) >= 11 is -2.44. The number of esters is 2. The molecule has 1 N–H and O–H groups in total. The second-order valence-electron chi connectivity index (χ2n) is 5.74. The quantitative estimate of drug-likeness (QED) is 0.0927. The SMILES string of the molecule is C=COCCCCOC(=O)NOS(=O)OCC(COC(=O)C(=C)C)OC(=O)C(=C)C. The molecule has 0 aliphatic carbocycles. The molecule has 0 aromatic rings. The number of nitrogens with one attached hydrogen (secondary N) is 1. The van der Waals surface area contributed by atoms with E-state index in [-0.39, 0.29) is 24.4 Å². The maximum atomic E-state index is 11.7. The Morgan fingerprint density at radius 3 is 2.23 bits per heavy atom. The molecule has 2 atom stereocenters. The van der Waals surface area contributed by atoms with Gasteiger partial charge in [0.1, 0.15) is 13.2 Å². The van der Waals surface area contributed by atoms with Crippen molar-refractivity contribution in [3.05, 3.63) is 37.1 Å². The number of hydrogen-bond donors (Lipinski definition) is 1. The van der Waals surface area contributed by atoms with E-state index in [1.807, 2.05) is 0 Å². The molecule has 1 amide bonds. The van der Waals surface area contributed by atoms with E-state index in [0.29, 0.717) is 19.4 Å². The second kappa shape index (κ2) is 16.1. The van der Waals surface area contributed by atoms with Crippen molar-refractivity contribution in [3.63, 3.8) is 0 Å². The Kier molecular flexibility index (Phi) is 14.7. The van der Waals surface area contributed by atoms with Gasteiger partial charge in [0.15, 0.2) is 6.10 Å². The molecule has 0 radical (unpaired) electrons. The molecule has 0 aromatic carbocycles. The third-order valence-corrected chi connectivity index (χ3v) is 3.47. The van der Waals surface area contributed by atoms with Crippen LogP contribution in [0, 0.1) is 0 Å². The minimum Gasteiger partial charge on any atom is -0.502 e. The number of carbonyl (C=O) groups excluding carboxylic acids is 3. The minimum absolute atomic E-state index is 0.0935. The van der Waals surface area contributed by atoms with Crippen molar-refractivity contribution in [2.75, 3.05) is 26.4 Å². The Morgan fingerprint density at radius 2 is 1.63 bits per heavy atom. The third kappa shape index (κ3) is 14.3. The Hall–Kier alpha value is -2.70. The van der Waals surface area contributed by atoms with Gasteiger partial charge in [0.05, 0.1) is 19.5 Å². The lowest BCUT2D eigenvalue weighted by molar-refractivity contribution is -0.155. The zero-order valence-corrected chi connectivity index (χ0v) is 17.8. The normalized spacial score (nSPS) is 12.1. The predicted octanol–water partition coefficient (Wildman–Crippen LogP) is 1.79. The molecule has 170 valence electrons. The highest BCUT2D eigenvalue weighted by Crippen LogP contribution is 2.04. The van der Waals surface area contributed by atoms with Crippen molar-refractivity contribution in [2.24, 2.45) is 0 Å². The molecular formula is C18H27NO10S. The zero-order valence-electron chi connectivity index (χ0n) is 17.0. The number of ether oxygens (including phenoxy) is 4. The van der Waals surface area contributed by atoms with Crippen LogP contribution in [0.15, 0.2) is 37.1 Å². The molecule has 0 fully saturated rings. The predicted molar refractivity (Wildman–Crippen MR) is 106 cm³/mol. The average Bonchev–Trinajstić information content (AvgIpc) is 2.70. The van der Waals surface area contributed by atoms with Gasteiger partial charge in [-0.25, -0.2) is 14.4 Å². The van der Waals surface area contributed by atoms with E-state index >= 15 is 0 Å². The van der Waals surface area contributed by atoms with E-state index in [9.17, 15) is 18.6 Å². The molecule has 12 heteroatoms. The highest BCUT2D eigenvalue weighted by atomic mass is 32.2. The van der Waals surface area contributed by atoms with Gasteiger partial charge in [-0.3, -0.25) is 4.18 Å². The molecule has 30 heavy (non-hydrogen) atoms. The van der Waals surface area contributed by atoms with Gasteiger partial charge in [-0.15, -0.1) is 4.28 Å². The van der Waals surface area contributed by atoms with Gasteiger partial charge < -0.3 is 18.9 Å². The van der Waals surface area contributed by atoms with Crippen LogP contribution in [0.3, 0.4) is 0 Å². The smallest absolute Gasteiger partial charge is 0.432 e. The molecule has 0 saturated carbocycles. The van der Waals surface area contributed by atoms with Gasteiger partial charge in [0, 0.05) is 11.1 Å². The molecular weight excluding hydrogens is 422 g/mol. The fourth-order valence-electron chi connectivity index (χ4n) is 1.45. The number of amides is 1. The standard InChI is InChI=1S/C18H27NO10S/c1-6-24-9-7-8-10-25-18(22)19-29-30(23)27-12-15(28-17(21)14(4)5)11-26-16(20)13(2)3/h6,15H,1-2,4,7-12H2,3,5H3,(H,19,22). The molecule has 0 spiro atoms. The van der Waals surface area contributed by atoms with Gasteiger partial charge in [-0.1, -0.05) is 19.7 Å². The first-order valence-corrected chi connectivity index (χ1v) is 9.74. The van der Waals surface area contributed by atoms with E-state index in [0.717, 1.165) is 0 Å². The molecule has 2 unspecified atom stereocenters. The van der Waals surface area contributed by atoms with E-state index in [1.165, 1.54) is 20.1 Å². The van der Waals surface area contributed by atoms with Crippen molar-refractivity contribution in [2.45, 2.75) is 32.8 Å². The van der Waals surface area contributed by atoms with Crippen LogP contribution in [0.25, 0.3) is 0 Å². The van der Waals surface area contributed by atoms with Crippen molar-refractivity contribution in [1.82, 2.24) is 5.48 Å². The highest BCUT2D eigenvalue weighted by Gasteiger charge is 2.20. The van der Waals surface area contributed by atoms with Gasteiger partial charge in [0.25, 0.3) is 0 Å². The molecule has 0 heterocycles. The highest BCUT2D eigenvalue weighted by molar-refractivity contribution is 7.75. The summed E-state index contributed by atoms with van der Waals surface area (Å²) in [5.74, 6) is -1.47. The third-order valence-electron chi connectivity index (χ3n) is 2.92. The number of unbranched alkanes of at least 4 members (excludes halogenated alkanes) is 1. The molecule has 0 aliphatic heterocycles. The van der Waals surface area contributed by atoms with Gasteiger partial charge in [0.2, 0.25) is 0 Å². The van der Waals surface area contributed by atoms with Crippen molar-refractivity contribution in [3.8, 4) is 0 Å². The molecule has 0 saturated heterocycles. The van der Waals surface area contributed by atoms with Gasteiger partial charge in [-0.2, -0.15) is 9.69 Å². The van der Waals surface area contributed by atoms with Crippen LogP contribution in [-0.2, 0) is 48.4 Å². The van der Waals surface area contributed by atoms with Crippen molar-refractivity contribution >= 4 is 29.4 Å². The zero-order chi connectivity index (χ0) is 22.9. The number of rotatable bonds is 16. The van der Waals surface area contributed by atoms with E-state index in [4.69, 9.17) is 23.1 Å². The fraction of sp³-hybridized carbons (Fsp3) is 0.500. The topological polar surface area (TPSA) is 136 Å². The van der Waals surface area contributed by atoms with Crippen LogP contribution >= 0.6 is 0 Å². The van der Waals surface area contributed by atoms with E-state index < -0.39 is 42.1 Å². The lowest BCUT2D eigenvalue weighted by Gasteiger charge is -2.17. The lowest BCUT2D eigenvalue weighted by atomic mass is 10.3. The largest absolute Gasteiger partial charge is 0.502 e. The monoisotopic (exact) mass is 449 g/mol. The minimum atomic E-state index is -2.44. The van der Waals surface area contributed by atoms with Crippen molar-refractivity contribution in [1.29, 1.82) is 0 Å². The number of carbonyl (C=O) groups is 3. The van der Waals surface area contributed by atoms with Crippen molar-refractivity contribution < 1.29 is 46.0 Å². The van der Waals surface area contributed by atoms with Crippen LogP contribution in [0.5, 0.6) is 0 Å². The maximum absolute atomic E-state index is 11.7. The van der Waals surface area contributed by atoms with Gasteiger partial charge in [-0.05, 0) is 26.7 Å². The molecule has 0 aliphatic rings. The first kappa shape index (κ1) is 27.3. The first-order valence-electron chi connectivity index (χ1n) is 8.74. The number of hydroxylamine groups is 1. The second-order valence-corrected chi connectivity index (χ2v) is 6.55. The van der Waals surface area contributed by atoms with E-state index in [1.54, 1.807) is 5.48 Å². The fourth-order valence-corrected chi connectivity index (χ4v) is 1.90. The first-order chi connectivity index (χ1) is 14.2. The molecule has 0 bridgehead atoms. The summed E-state index contributed by atoms with van der Waals surface area (Å²) in [6.07, 6.45) is 0.423. The van der Waals surface area contributed by atoms with E-state index in [2.05, 4.69) is 24.0 Å². The van der Waals surface area contributed by atoms with Crippen LogP contribution in [0.1, 0.15) is 26.7 Å². The maximum Gasteiger partial charge on any atom is 0.432 e. The van der Waals surface area contributed by atoms with Crippen LogP contribution in [-0.4, -0.2) is 54.8 Å². The van der Waals surface area contributed by atoms with Crippen LogP contribution < -0.4 is 5.48 Å². The van der Waals surface area contributed by atoms with Crippen LogP contribution in [0.2, 0.25) is 0 Å². The molecule has 11 nitrogen and oxygen atoms in total. The average molecular weight is 449 g/mol. The Bertz CT molecular complexity index is 649. The summed E-state index contributed by atoms with van der Waals surface area (Å²) in [7, 11) is 0. The Labute approximate surface area is 177 Å². The van der Waals surface area contributed by atoms with Gasteiger partial charge >= 0.3 is 29.4 Å². The Morgan fingerprint density at radius 1 is 1.00 bits per heavy atom. The lowest BCUT2D eigenvalue weighted by Crippen LogP contribution is -2.32.